The number of hydrogen-bond acceptors (Lipinski definition) is 3. The standard InChI is InChI=1S/C21H19F4N3O/c22-15-5-3-14(4-6-15)20(8-9-20)12-29-16-7-10-28-17(11-13-1-2-13)26-27-19(28)18(16)21(23,24)25/h3-7,10,13H,1-2,8-9,11-12H2. The SMILES string of the molecule is Fc1ccc(C2(COc3ccn4c(CC5CC5)nnc4c3C(F)(F)F)CC2)cc1. The van der Waals surface area contributed by atoms with E-state index in [0.29, 0.717) is 18.2 Å². The number of ether oxygens (including phenoxy) is 1. The number of pyridine rings is 1. The number of alkyl halides is 3. The first kappa shape index (κ1) is 18.4. The summed E-state index contributed by atoms with van der Waals surface area (Å²) in [5.74, 6) is 0.440. The molecule has 2 fully saturated rings. The predicted molar refractivity (Wildman–Crippen MR) is 97.2 cm³/mol. The summed E-state index contributed by atoms with van der Waals surface area (Å²) in [5, 5.41) is 7.82. The van der Waals surface area contributed by atoms with Gasteiger partial charge in [0.2, 0.25) is 0 Å². The van der Waals surface area contributed by atoms with Gasteiger partial charge in [0, 0.05) is 18.0 Å². The van der Waals surface area contributed by atoms with E-state index in [1.54, 1.807) is 18.3 Å². The van der Waals surface area contributed by atoms with Gasteiger partial charge in [0.25, 0.3) is 0 Å². The fourth-order valence-electron chi connectivity index (χ4n) is 3.78. The predicted octanol–water partition coefficient (Wildman–Crippen LogP) is 4.95. The lowest BCUT2D eigenvalue weighted by atomic mass is 9.97. The molecule has 0 N–H and O–H groups in total. The molecule has 0 radical (unpaired) electrons. The molecule has 0 amide bonds. The Morgan fingerprint density at radius 3 is 2.41 bits per heavy atom. The van der Waals surface area contributed by atoms with Crippen LogP contribution < -0.4 is 4.74 Å². The van der Waals surface area contributed by atoms with Gasteiger partial charge in [0.05, 0.1) is 6.61 Å². The molecule has 0 unspecified atom stereocenters. The maximum atomic E-state index is 13.9. The van der Waals surface area contributed by atoms with Crippen LogP contribution in [-0.4, -0.2) is 21.2 Å². The molecule has 0 saturated heterocycles. The molecule has 4 nitrogen and oxygen atoms in total. The van der Waals surface area contributed by atoms with Gasteiger partial charge in [-0.15, -0.1) is 10.2 Å². The van der Waals surface area contributed by atoms with Crippen LogP contribution in [0.5, 0.6) is 5.75 Å². The Kier molecular flexibility index (Phi) is 4.08. The second kappa shape index (κ2) is 6.43. The van der Waals surface area contributed by atoms with Crippen molar-refractivity contribution in [2.24, 2.45) is 5.92 Å². The maximum absolute atomic E-state index is 13.9. The number of aromatic nitrogens is 3. The maximum Gasteiger partial charge on any atom is 0.423 e. The van der Waals surface area contributed by atoms with E-state index in [9.17, 15) is 17.6 Å². The van der Waals surface area contributed by atoms with Crippen LogP contribution in [0, 0.1) is 11.7 Å². The molecular weight excluding hydrogens is 386 g/mol. The third-order valence-corrected chi connectivity index (χ3v) is 5.88. The first-order valence-corrected chi connectivity index (χ1v) is 9.68. The van der Waals surface area contributed by atoms with E-state index in [0.717, 1.165) is 31.2 Å². The third kappa shape index (κ3) is 3.45. The van der Waals surface area contributed by atoms with Crippen LogP contribution in [0.3, 0.4) is 0 Å². The van der Waals surface area contributed by atoms with Gasteiger partial charge in [-0.05, 0) is 55.4 Å². The zero-order valence-electron chi connectivity index (χ0n) is 15.5. The molecular formula is C21H19F4N3O. The minimum absolute atomic E-state index is 0.0982. The summed E-state index contributed by atoms with van der Waals surface area (Å²) in [5.41, 5.74) is -0.613. The van der Waals surface area contributed by atoms with Crippen LogP contribution >= 0.6 is 0 Å². The average molecular weight is 405 g/mol. The number of nitrogens with zero attached hydrogens (tertiary/aromatic N) is 3. The van der Waals surface area contributed by atoms with E-state index >= 15 is 0 Å². The summed E-state index contributed by atoms with van der Waals surface area (Å²) in [6.45, 7) is 0.0982. The van der Waals surface area contributed by atoms with Crippen molar-refractivity contribution < 1.29 is 22.3 Å². The Hall–Kier alpha value is -2.64. The van der Waals surface area contributed by atoms with Gasteiger partial charge in [0.1, 0.15) is 23.0 Å². The van der Waals surface area contributed by atoms with Crippen LogP contribution in [-0.2, 0) is 18.0 Å². The van der Waals surface area contributed by atoms with Crippen molar-refractivity contribution in [1.82, 2.24) is 14.6 Å². The number of rotatable bonds is 6. The summed E-state index contributed by atoms with van der Waals surface area (Å²) >= 11 is 0. The van der Waals surface area contributed by atoms with Gasteiger partial charge in [0.15, 0.2) is 5.65 Å². The topological polar surface area (TPSA) is 39.4 Å². The minimum atomic E-state index is -4.62. The third-order valence-electron chi connectivity index (χ3n) is 5.88. The molecule has 2 aliphatic carbocycles. The van der Waals surface area contributed by atoms with Gasteiger partial charge in [-0.1, -0.05) is 12.1 Å². The lowest BCUT2D eigenvalue weighted by Crippen LogP contribution is -2.20. The van der Waals surface area contributed by atoms with Crippen molar-refractivity contribution >= 4 is 5.65 Å². The van der Waals surface area contributed by atoms with Gasteiger partial charge >= 0.3 is 6.18 Å². The van der Waals surface area contributed by atoms with Gasteiger partial charge in [-0.3, -0.25) is 4.40 Å². The molecule has 0 bridgehead atoms. The molecule has 0 aliphatic heterocycles. The molecule has 0 spiro atoms. The first-order valence-electron chi connectivity index (χ1n) is 9.68. The Morgan fingerprint density at radius 1 is 1.07 bits per heavy atom. The molecule has 2 saturated carbocycles. The van der Waals surface area contributed by atoms with Crippen LogP contribution in [0.4, 0.5) is 17.6 Å². The minimum Gasteiger partial charge on any atom is -0.492 e. The Labute approximate surface area is 164 Å². The molecule has 2 aliphatic rings. The quantitative estimate of drug-likeness (QED) is 0.545. The lowest BCUT2D eigenvalue weighted by Gasteiger charge is -2.20. The largest absolute Gasteiger partial charge is 0.492 e. The van der Waals surface area contributed by atoms with E-state index in [1.807, 2.05) is 0 Å². The lowest BCUT2D eigenvalue weighted by molar-refractivity contribution is -0.138. The van der Waals surface area contributed by atoms with Gasteiger partial charge < -0.3 is 4.74 Å². The van der Waals surface area contributed by atoms with Crippen LogP contribution in [0.25, 0.3) is 5.65 Å². The molecule has 0 atom stereocenters. The van der Waals surface area contributed by atoms with Crippen molar-refractivity contribution in [2.45, 2.75) is 43.7 Å². The average Bonchev–Trinajstić information content (AvgIpc) is 3.59. The Bertz CT molecular complexity index is 1050. The molecule has 2 heterocycles. The Morgan fingerprint density at radius 2 is 1.79 bits per heavy atom. The fourth-order valence-corrected chi connectivity index (χ4v) is 3.78. The van der Waals surface area contributed by atoms with Crippen molar-refractivity contribution in [3.05, 3.63) is 59.3 Å². The summed E-state index contributed by atoms with van der Waals surface area (Å²) in [4.78, 5) is 0. The highest BCUT2D eigenvalue weighted by Gasteiger charge is 2.46. The summed E-state index contributed by atoms with van der Waals surface area (Å²) in [6.07, 6.45) is 1.30. The highest BCUT2D eigenvalue weighted by atomic mass is 19.4. The van der Waals surface area contributed by atoms with E-state index in [-0.39, 0.29) is 29.2 Å². The molecule has 2 aromatic heterocycles. The van der Waals surface area contributed by atoms with E-state index in [2.05, 4.69) is 10.2 Å². The summed E-state index contributed by atoms with van der Waals surface area (Å²) in [7, 11) is 0. The van der Waals surface area contributed by atoms with Crippen LogP contribution in [0.1, 0.15) is 42.6 Å². The summed E-state index contributed by atoms with van der Waals surface area (Å²) in [6, 6.07) is 7.40. The smallest absolute Gasteiger partial charge is 0.423 e. The van der Waals surface area contributed by atoms with Gasteiger partial charge in [-0.25, -0.2) is 4.39 Å². The highest BCUT2D eigenvalue weighted by Crippen LogP contribution is 2.49. The second-order valence-corrected chi connectivity index (χ2v) is 8.09. The normalized spacial score (nSPS) is 18.2. The monoisotopic (exact) mass is 405 g/mol. The molecule has 152 valence electrons. The van der Waals surface area contributed by atoms with Crippen molar-refractivity contribution in [3.63, 3.8) is 0 Å². The zero-order chi connectivity index (χ0) is 20.2. The van der Waals surface area contributed by atoms with Crippen molar-refractivity contribution in [1.29, 1.82) is 0 Å². The zero-order valence-corrected chi connectivity index (χ0v) is 15.5. The van der Waals surface area contributed by atoms with Gasteiger partial charge in [-0.2, -0.15) is 13.2 Å². The van der Waals surface area contributed by atoms with Crippen LogP contribution in [0.15, 0.2) is 36.5 Å². The van der Waals surface area contributed by atoms with E-state index < -0.39 is 11.7 Å². The van der Waals surface area contributed by atoms with E-state index in [4.69, 9.17) is 4.74 Å². The molecule has 3 aromatic rings. The molecule has 29 heavy (non-hydrogen) atoms. The first-order chi connectivity index (χ1) is 13.9. The number of fused-ring (bicyclic) bond motifs is 1. The summed E-state index contributed by atoms with van der Waals surface area (Å²) < 4.78 is 61.9. The number of halogens is 4. The number of hydrogen-bond donors (Lipinski definition) is 0. The van der Waals surface area contributed by atoms with E-state index in [1.165, 1.54) is 22.6 Å². The number of benzene rings is 1. The van der Waals surface area contributed by atoms with Crippen molar-refractivity contribution in [2.75, 3.05) is 6.61 Å². The molecule has 5 rings (SSSR count). The second-order valence-electron chi connectivity index (χ2n) is 8.09. The molecule has 8 heteroatoms. The Balaban J connectivity index is 1.45. The van der Waals surface area contributed by atoms with Crippen LogP contribution in [0.2, 0.25) is 0 Å². The highest BCUT2D eigenvalue weighted by molar-refractivity contribution is 5.57. The van der Waals surface area contributed by atoms with Crippen molar-refractivity contribution in [3.8, 4) is 5.75 Å². The molecule has 1 aromatic carbocycles. The fraction of sp³-hybridized carbons (Fsp3) is 0.429.